The molecule has 1 aromatic rings. The van der Waals surface area contributed by atoms with E-state index < -0.39 is 6.10 Å². The van der Waals surface area contributed by atoms with Crippen LogP contribution >= 0.6 is 0 Å². The van der Waals surface area contributed by atoms with Crippen LogP contribution in [0.5, 0.6) is 0 Å². The van der Waals surface area contributed by atoms with E-state index in [4.69, 9.17) is 4.74 Å². The smallest absolute Gasteiger partial charge is 0.168 e. The second-order valence-corrected chi connectivity index (χ2v) is 4.74. The van der Waals surface area contributed by atoms with Gasteiger partial charge in [0, 0.05) is 0 Å². The number of ether oxygens (including phenoxy) is 1. The van der Waals surface area contributed by atoms with Crippen molar-refractivity contribution >= 4 is 0 Å². The van der Waals surface area contributed by atoms with Gasteiger partial charge in [0.25, 0.3) is 0 Å². The van der Waals surface area contributed by atoms with Crippen LogP contribution in [0, 0.1) is 0 Å². The Kier molecular flexibility index (Phi) is 7.02. The van der Waals surface area contributed by atoms with Crippen LogP contribution in [0.25, 0.3) is 0 Å². The van der Waals surface area contributed by atoms with Crippen LogP contribution in [0.3, 0.4) is 0 Å². The molecule has 0 bridgehead atoms. The third-order valence-corrected chi connectivity index (χ3v) is 3.13. The highest BCUT2D eigenvalue weighted by atomic mass is 16.5. The maximum Gasteiger partial charge on any atom is 0.168 e. The molecule has 0 heterocycles. The molecule has 2 unspecified atom stereocenters. The lowest BCUT2D eigenvalue weighted by Crippen LogP contribution is -2.47. The summed E-state index contributed by atoms with van der Waals surface area (Å²) in [7, 11) is 3.93. The zero-order chi connectivity index (χ0) is 14.3. The van der Waals surface area contributed by atoms with Gasteiger partial charge in [0.05, 0.1) is 6.61 Å². The Hall–Kier alpha value is -0.940. The molecule has 0 aliphatic rings. The van der Waals surface area contributed by atoms with Crippen molar-refractivity contribution < 1.29 is 9.84 Å². The summed E-state index contributed by atoms with van der Waals surface area (Å²) in [5.74, 6) is 0. The standard InChI is InChI=1S/C15H25N2O2/c1-5-17(6-2)15(16(3)4)19-12-14(18)13-10-8-7-9-11-13/h7-11,14-15H,5-6,12H2,1-4H3. The number of nitrogens with zero attached hydrogens (tertiary/aromatic N) is 2. The maximum absolute atomic E-state index is 12.1. The van der Waals surface area contributed by atoms with E-state index in [1.165, 1.54) is 0 Å². The average Bonchev–Trinajstić information content (AvgIpc) is 2.43. The third kappa shape index (κ3) is 4.91. The van der Waals surface area contributed by atoms with Gasteiger partial charge in [-0.25, -0.2) is 5.11 Å². The Bertz CT molecular complexity index is 339. The lowest BCUT2D eigenvalue weighted by Gasteiger charge is -2.34. The molecule has 4 nitrogen and oxygen atoms in total. The van der Waals surface area contributed by atoms with E-state index in [9.17, 15) is 5.11 Å². The Labute approximate surface area is 116 Å². The number of rotatable bonds is 8. The summed E-state index contributed by atoms with van der Waals surface area (Å²) >= 11 is 0. The van der Waals surface area contributed by atoms with Gasteiger partial charge in [-0.3, -0.25) is 9.80 Å². The van der Waals surface area contributed by atoms with E-state index >= 15 is 0 Å². The highest BCUT2D eigenvalue weighted by molar-refractivity contribution is 5.17. The largest absolute Gasteiger partial charge is 0.346 e. The fourth-order valence-electron chi connectivity index (χ4n) is 2.05. The first-order valence-corrected chi connectivity index (χ1v) is 6.83. The topological polar surface area (TPSA) is 35.6 Å². The minimum atomic E-state index is -0.834. The molecule has 0 aliphatic heterocycles. The molecule has 0 N–H and O–H groups in total. The molecular weight excluding hydrogens is 240 g/mol. The maximum atomic E-state index is 12.1. The molecule has 4 heteroatoms. The second-order valence-electron chi connectivity index (χ2n) is 4.74. The predicted molar refractivity (Wildman–Crippen MR) is 76.2 cm³/mol. The van der Waals surface area contributed by atoms with E-state index in [2.05, 4.69) is 18.7 Å². The monoisotopic (exact) mass is 265 g/mol. The van der Waals surface area contributed by atoms with Gasteiger partial charge in [-0.1, -0.05) is 44.2 Å². The first-order valence-electron chi connectivity index (χ1n) is 6.83. The van der Waals surface area contributed by atoms with Gasteiger partial charge in [-0.15, -0.1) is 0 Å². The van der Waals surface area contributed by atoms with E-state index in [1.54, 1.807) is 0 Å². The van der Waals surface area contributed by atoms with Crippen LogP contribution in [-0.4, -0.2) is 49.9 Å². The summed E-state index contributed by atoms with van der Waals surface area (Å²) in [6.45, 7) is 6.16. The molecule has 1 aromatic carbocycles. The highest BCUT2D eigenvalue weighted by Gasteiger charge is 2.20. The molecule has 0 amide bonds. The molecule has 0 spiro atoms. The summed E-state index contributed by atoms with van der Waals surface area (Å²) in [5, 5.41) is 12.1. The molecule has 1 rings (SSSR count). The number of hydrogen-bond donors (Lipinski definition) is 0. The van der Waals surface area contributed by atoms with Crippen molar-refractivity contribution in [1.29, 1.82) is 0 Å². The second kappa shape index (κ2) is 8.27. The van der Waals surface area contributed by atoms with Crippen molar-refractivity contribution in [3.05, 3.63) is 35.9 Å². The Balaban J connectivity index is 2.57. The average molecular weight is 265 g/mol. The molecule has 0 saturated carbocycles. The molecule has 0 fully saturated rings. The van der Waals surface area contributed by atoms with Crippen molar-refractivity contribution in [2.75, 3.05) is 33.8 Å². The summed E-state index contributed by atoms with van der Waals surface area (Å²) in [4.78, 5) is 4.17. The van der Waals surface area contributed by atoms with Gasteiger partial charge in [-0.05, 0) is 32.7 Å². The normalized spacial score (nSPS) is 14.9. The Morgan fingerprint density at radius 2 is 1.68 bits per heavy atom. The molecule has 1 radical (unpaired) electrons. The van der Waals surface area contributed by atoms with Crippen molar-refractivity contribution in [1.82, 2.24) is 9.80 Å². The molecule has 0 saturated heterocycles. The van der Waals surface area contributed by atoms with E-state index in [0.29, 0.717) is 0 Å². The van der Waals surface area contributed by atoms with Gasteiger partial charge in [0.15, 0.2) is 6.35 Å². The summed E-state index contributed by atoms with van der Waals surface area (Å²) in [6, 6.07) is 9.38. The minimum absolute atomic E-state index is 0.143. The predicted octanol–water partition coefficient (Wildman–Crippen LogP) is 2.36. The van der Waals surface area contributed by atoms with Crippen LogP contribution in [0.1, 0.15) is 25.5 Å². The molecule has 0 aliphatic carbocycles. The van der Waals surface area contributed by atoms with Crippen molar-refractivity contribution in [2.24, 2.45) is 0 Å². The van der Waals surface area contributed by atoms with Gasteiger partial charge >= 0.3 is 0 Å². The molecular formula is C15H25N2O2. The van der Waals surface area contributed by atoms with Crippen molar-refractivity contribution in [2.45, 2.75) is 26.3 Å². The lowest BCUT2D eigenvalue weighted by molar-refractivity contribution is -0.157. The summed E-state index contributed by atoms with van der Waals surface area (Å²) in [6.07, 6.45) is -0.977. The van der Waals surface area contributed by atoms with Crippen molar-refractivity contribution in [3.8, 4) is 0 Å². The molecule has 0 aromatic heterocycles. The summed E-state index contributed by atoms with van der Waals surface area (Å²) in [5.41, 5.74) is 0.777. The lowest BCUT2D eigenvalue weighted by atomic mass is 10.1. The fourth-order valence-corrected chi connectivity index (χ4v) is 2.05. The molecule has 2 atom stereocenters. The zero-order valence-electron chi connectivity index (χ0n) is 12.4. The summed E-state index contributed by atoms with van der Waals surface area (Å²) < 4.78 is 5.80. The van der Waals surface area contributed by atoms with Crippen LogP contribution in [0.15, 0.2) is 30.3 Å². The van der Waals surface area contributed by atoms with Crippen LogP contribution < -0.4 is 0 Å². The Morgan fingerprint density at radius 1 is 1.11 bits per heavy atom. The minimum Gasteiger partial charge on any atom is -0.346 e. The van der Waals surface area contributed by atoms with E-state index in [-0.39, 0.29) is 13.0 Å². The first kappa shape index (κ1) is 16.1. The van der Waals surface area contributed by atoms with Crippen LogP contribution in [0.4, 0.5) is 0 Å². The van der Waals surface area contributed by atoms with Gasteiger partial charge in [0.2, 0.25) is 0 Å². The number of benzene rings is 1. The van der Waals surface area contributed by atoms with Crippen LogP contribution in [-0.2, 0) is 9.84 Å². The third-order valence-electron chi connectivity index (χ3n) is 3.13. The zero-order valence-corrected chi connectivity index (χ0v) is 12.4. The molecule has 19 heavy (non-hydrogen) atoms. The SMILES string of the molecule is CCN(CC)C(OCC([O])c1ccccc1)N(C)C. The van der Waals surface area contributed by atoms with Gasteiger partial charge < -0.3 is 4.74 Å². The van der Waals surface area contributed by atoms with Crippen molar-refractivity contribution in [3.63, 3.8) is 0 Å². The fraction of sp³-hybridized carbons (Fsp3) is 0.600. The van der Waals surface area contributed by atoms with Gasteiger partial charge in [0.1, 0.15) is 6.10 Å². The van der Waals surface area contributed by atoms with E-state index in [1.807, 2.05) is 49.3 Å². The van der Waals surface area contributed by atoms with E-state index in [0.717, 1.165) is 18.7 Å². The first-order chi connectivity index (χ1) is 9.10. The molecule has 107 valence electrons. The Morgan fingerprint density at radius 3 is 2.16 bits per heavy atom. The van der Waals surface area contributed by atoms with Gasteiger partial charge in [-0.2, -0.15) is 0 Å². The number of hydrogen-bond acceptors (Lipinski definition) is 3. The quantitative estimate of drug-likeness (QED) is 0.677. The highest BCUT2D eigenvalue weighted by Crippen LogP contribution is 2.15. The van der Waals surface area contributed by atoms with Crippen LogP contribution in [0.2, 0.25) is 0 Å².